The molecule has 3 aromatic rings. The first-order valence-corrected chi connectivity index (χ1v) is 11.1. The van der Waals surface area contributed by atoms with Crippen molar-refractivity contribution in [3.05, 3.63) is 54.6 Å². The second kappa shape index (κ2) is 8.62. The van der Waals surface area contributed by atoms with E-state index in [1.54, 1.807) is 11.8 Å². The maximum absolute atomic E-state index is 12.6. The molecule has 1 aromatic heterocycles. The quantitative estimate of drug-likeness (QED) is 0.649. The number of benzene rings is 2. The molecule has 1 saturated heterocycles. The lowest BCUT2D eigenvalue weighted by Crippen LogP contribution is -2.50. The molecule has 1 fully saturated rings. The second-order valence-electron chi connectivity index (χ2n) is 6.37. The molecule has 0 bridgehead atoms. The van der Waals surface area contributed by atoms with E-state index < -0.39 is 0 Å². The average Bonchev–Trinajstić information content (AvgIpc) is 3.25. The molecule has 6 nitrogen and oxygen atoms in total. The molecule has 1 aliphatic rings. The lowest BCUT2D eigenvalue weighted by molar-refractivity contribution is 0.208. The third kappa shape index (κ3) is 4.13. The van der Waals surface area contributed by atoms with E-state index in [1.807, 2.05) is 65.8 Å². The highest BCUT2D eigenvalue weighted by atomic mass is 32.2. The van der Waals surface area contributed by atoms with Crippen LogP contribution in [0.25, 0.3) is 11.4 Å². The van der Waals surface area contributed by atoms with Gasteiger partial charge in [-0.25, -0.2) is 4.79 Å². The molecule has 4 rings (SSSR count). The van der Waals surface area contributed by atoms with Gasteiger partial charge in [-0.2, -0.15) is 9.36 Å². The lowest BCUT2D eigenvalue weighted by Gasteiger charge is -2.34. The van der Waals surface area contributed by atoms with Gasteiger partial charge in [0, 0.05) is 48.2 Å². The van der Waals surface area contributed by atoms with Gasteiger partial charge in [0.15, 0.2) is 5.82 Å². The van der Waals surface area contributed by atoms with Crippen molar-refractivity contribution in [2.75, 3.05) is 42.7 Å². The number of urea groups is 1. The van der Waals surface area contributed by atoms with E-state index in [-0.39, 0.29) is 6.03 Å². The molecule has 0 radical (unpaired) electrons. The highest BCUT2D eigenvalue weighted by Gasteiger charge is 2.24. The van der Waals surface area contributed by atoms with E-state index >= 15 is 0 Å². The number of carbonyl (C=O) groups is 1. The van der Waals surface area contributed by atoms with Crippen LogP contribution in [0.4, 0.5) is 15.6 Å². The number of nitrogens with one attached hydrogen (secondary N) is 1. The summed E-state index contributed by atoms with van der Waals surface area (Å²) in [6, 6.07) is 17.8. The van der Waals surface area contributed by atoms with Crippen LogP contribution in [0.3, 0.4) is 0 Å². The molecule has 0 saturated carbocycles. The van der Waals surface area contributed by atoms with Crippen LogP contribution in [0.2, 0.25) is 0 Å². The maximum atomic E-state index is 12.6. The zero-order valence-electron chi connectivity index (χ0n) is 15.5. The standard InChI is InChI=1S/C20H21N5OS2/c1-27-17-10-6-5-9-16(17)21-19(26)24-11-13-25(14-12-24)20-22-18(23-28-20)15-7-3-2-4-8-15/h2-10H,11-14H2,1H3,(H,21,26). The number of hydrogen-bond donors (Lipinski definition) is 1. The Morgan fingerprint density at radius 2 is 1.75 bits per heavy atom. The molecule has 0 atom stereocenters. The Morgan fingerprint density at radius 3 is 2.50 bits per heavy atom. The molecule has 0 aliphatic carbocycles. The maximum Gasteiger partial charge on any atom is 0.321 e. The van der Waals surface area contributed by atoms with Crippen LogP contribution in [0, 0.1) is 0 Å². The van der Waals surface area contributed by atoms with Crippen molar-refractivity contribution in [2.24, 2.45) is 0 Å². The summed E-state index contributed by atoms with van der Waals surface area (Å²) in [5, 5.41) is 3.94. The van der Waals surface area contributed by atoms with Crippen molar-refractivity contribution < 1.29 is 4.79 Å². The summed E-state index contributed by atoms with van der Waals surface area (Å²) in [6.45, 7) is 2.82. The molecular weight excluding hydrogens is 390 g/mol. The van der Waals surface area contributed by atoms with Crippen LogP contribution in [0.5, 0.6) is 0 Å². The van der Waals surface area contributed by atoms with E-state index in [0.717, 1.165) is 40.2 Å². The topological polar surface area (TPSA) is 61.4 Å². The summed E-state index contributed by atoms with van der Waals surface area (Å²) >= 11 is 3.04. The van der Waals surface area contributed by atoms with E-state index in [2.05, 4.69) is 19.6 Å². The Morgan fingerprint density at radius 1 is 1.04 bits per heavy atom. The molecule has 2 aromatic carbocycles. The highest BCUT2D eigenvalue weighted by Crippen LogP contribution is 2.26. The molecule has 2 heterocycles. The van der Waals surface area contributed by atoms with Crippen molar-refractivity contribution in [2.45, 2.75) is 4.90 Å². The molecule has 1 N–H and O–H groups in total. The molecule has 2 amide bonds. The van der Waals surface area contributed by atoms with Gasteiger partial charge in [-0.15, -0.1) is 11.8 Å². The number of piperazine rings is 1. The Bertz CT molecular complexity index is 939. The number of rotatable bonds is 4. The number of nitrogens with zero attached hydrogens (tertiary/aromatic N) is 4. The normalized spacial score (nSPS) is 14.2. The average molecular weight is 412 g/mol. The first-order valence-electron chi connectivity index (χ1n) is 9.07. The van der Waals surface area contributed by atoms with Gasteiger partial charge in [0.25, 0.3) is 0 Å². The van der Waals surface area contributed by atoms with Crippen LogP contribution in [0.1, 0.15) is 0 Å². The number of thioether (sulfide) groups is 1. The summed E-state index contributed by atoms with van der Waals surface area (Å²) in [7, 11) is 0. The monoisotopic (exact) mass is 411 g/mol. The van der Waals surface area contributed by atoms with Crippen molar-refractivity contribution in [3.63, 3.8) is 0 Å². The van der Waals surface area contributed by atoms with Crippen molar-refractivity contribution in [3.8, 4) is 11.4 Å². The highest BCUT2D eigenvalue weighted by molar-refractivity contribution is 7.98. The Hall–Kier alpha value is -2.58. The zero-order valence-corrected chi connectivity index (χ0v) is 17.2. The van der Waals surface area contributed by atoms with E-state index in [0.29, 0.717) is 13.1 Å². The van der Waals surface area contributed by atoms with Gasteiger partial charge in [-0.1, -0.05) is 42.5 Å². The van der Waals surface area contributed by atoms with Gasteiger partial charge < -0.3 is 15.1 Å². The van der Waals surface area contributed by atoms with E-state index in [1.165, 1.54) is 11.5 Å². The first kappa shape index (κ1) is 18.8. The zero-order chi connectivity index (χ0) is 19.3. The van der Waals surface area contributed by atoms with Gasteiger partial charge in [-0.05, 0) is 18.4 Å². The first-order chi connectivity index (χ1) is 13.7. The van der Waals surface area contributed by atoms with Crippen LogP contribution in [0.15, 0.2) is 59.5 Å². The fraction of sp³-hybridized carbons (Fsp3) is 0.250. The predicted octanol–water partition coefficient (Wildman–Crippen LogP) is 4.28. The number of carbonyl (C=O) groups excluding carboxylic acids is 1. The van der Waals surface area contributed by atoms with Crippen LogP contribution in [-0.4, -0.2) is 52.7 Å². The third-order valence-corrected chi connectivity index (χ3v) is 6.21. The fourth-order valence-corrected chi connectivity index (χ4v) is 4.38. The summed E-state index contributed by atoms with van der Waals surface area (Å²) in [4.78, 5) is 22.4. The fourth-order valence-electron chi connectivity index (χ4n) is 3.09. The number of para-hydroxylation sites is 1. The van der Waals surface area contributed by atoms with E-state index in [4.69, 9.17) is 0 Å². The summed E-state index contributed by atoms with van der Waals surface area (Å²) < 4.78 is 4.48. The number of hydrogen-bond acceptors (Lipinski definition) is 6. The number of anilines is 2. The minimum Gasteiger partial charge on any atom is -0.343 e. The lowest BCUT2D eigenvalue weighted by atomic mass is 10.2. The van der Waals surface area contributed by atoms with Gasteiger partial charge in [0.2, 0.25) is 5.13 Å². The molecule has 8 heteroatoms. The minimum absolute atomic E-state index is 0.0524. The molecule has 1 aliphatic heterocycles. The van der Waals surface area contributed by atoms with Gasteiger partial charge in [0.1, 0.15) is 0 Å². The Labute approximate surface area is 172 Å². The molecule has 0 spiro atoms. The molecular formula is C20H21N5OS2. The number of amides is 2. The largest absolute Gasteiger partial charge is 0.343 e. The van der Waals surface area contributed by atoms with Gasteiger partial charge >= 0.3 is 6.03 Å². The predicted molar refractivity (Wildman–Crippen MR) is 116 cm³/mol. The summed E-state index contributed by atoms with van der Waals surface area (Å²) in [5.41, 5.74) is 1.88. The van der Waals surface area contributed by atoms with Gasteiger partial charge in [0.05, 0.1) is 5.69 Å². The summed E-state index contributed by atoms with van der Waals surface area (Å²) in [5.74, 6) is 0.759. The van der Waals surface area contributed by atoms with E-state index in [9.17, 15) is 4.79 Å². The van der Waals surface area contributed by atoms with Crippen molar-refractivity contribution >= 4 is 40.1 Å². The molecule has 144 valence electrons. The SMILES string of the molecule is CSc1ccccc1NC(=O)N1CCN(c2nc(-c3ccccc3)ns2)CC1. The van der Waals surface area contributed by atoms with Crippen LogP contribution < -0.4 is 10.2 Å². The van der Waals surface area contributed by atoms with Crippen molar-refractivity contribution in [1.29, 1.82) is 0 Å². The number of aromatic nitrogens is 2. The minimum atomic E-state index is -0.0524. The van der Waals surface area contributed by atoms with Crippen LogP contribution >= 0.6 is 23.3 Å². The smallest absolute Gasteiger partial charge is 0.321 e. The van der Waals surface area contributed by atoms with Gasteiger partial charge in [-0.3, -0.25) is 0 Å². The third-order valence-electron chi connectivity index (χ3n) is 4.63. The Kier molecular flexibility index (Phi) is 5.78. The van der Waals surface area contributed by atoms with Crippen LogP contribution in [-0.2, 0) is 0 Å². The van der Waals surface area contributed by atoms with Crippen molar-refractivity contribution in [1.82, 2.24) is 14.3 Å². The molecule has 0 unspecified atom stereocenters. The molecule has 28 heavy (non-hydrogen) atoms. The summed E-state index contributed by atoms with van der Waals surface area (Å²) in [6.07, 6.45) is 2.01. The second-order valence-corrected chi connectivity index (χ2v) is 7.95. The Balaban J connectivity index is 1.36.